The summed E-state index contributed by atoms with van der Waals surface area (Å²) in [7, 11) is 0. The second-order valence-corrected chi connectivity index (χ2v) is 7.08. The maximum Gasteiger partial charge on any atom is 0.0945 e. The van der Waals surface area contributed by atoms with E-state index in [2.05, 4.69) is 65.6 Å². The lowest BCUT2D eigenvalue weighted by molar-refractivity contribution is -0.0173. The van der Waals surface area contributed by atoms with E-state index < -0.39 is 6.10 Å². The van der Waals surface area contributed by atoms with Gasteiger partial charge in [0, 0.05) is 25.0 Å². The molecule has 3 aromatic carbocycles. The molecule has 0 amide bonds. The molecule has 0 radical (unpaired) electrons. The minimum Gasteiger partial charge on any atom is -0.387 e. The molecule has 1 N–H and O–H groups in total. The van der Waals surface area contributed by atoms with Crippen LogP contribution >= 0.6 is 0 Å². The molecule has 1 aliphatic heterocycles. The van der Waals surface area contributed by atoms with Gasteiger partial charge in [0.2, 0.25) is 0 Å². The highest BCUT2D eigenvalue weighted by atomic mass is 16.3. The number of aliphatic hydroxyl groups is 1. The van der Waals surface area contributed by atoms with E-state index in [1.807, 2.05) is 30.3 Å². The summed E-state index contributed by atoms with van der Waals surface area (Å²) in [5, 5.41) is 10.8. The van der Waals surface area contributed by atoms with Crippen LogP contribution in [0.25, 0.3) is 0 Å². The van der Waals surface area contributed by atoms with Gasteiger partial charge in [-0.3, -0.25) is 4.90 Å². The molecule has 1 heterocycles. The Balaban J connectivity index is 1.55. The van der Waals surface area contributed by atoms with Crippen LogP contribution < -0.4 is 0 Å². The summed E-state index contributed by atoms with van der Waals surface area (Å²) in [5.74, 6) is 0.322. The molecule has 0 saturated carbocycles. The molecule has 0 aromatic heterocycles. The zero-order chi connectivity index (χ0) is 17.8. The van der Waals surface area contributed by atoms with Crippen LogP contribution in [0.3, 0.4) is 0 Å². The molecule has 3 aromatic rings. The van der Waals surface area contributed by atoms with Gasteiger partial charge in [-0.05, 0) is 23.1 Å². The highest BCUT2D eigenvalue weighted by Gasteiger charge is 2.36. The van der Waals surface area contributed by atoms with Crippen molar-refractivity contribution in [2.45, 2.75) is 24.5 Å². The average molecular weight is 343 g/mol. The van der Waals surface area contributed by atoms with Crippen molar-refractivity contribution in [2.75, 3.05) is 13.1 Å². The number of hydrogen-bond acceptors (Lipinski definition) is 2. The molecule has 0 bridgehead atoms. The number of hydrogen-bond donors (Lipinski definition) is 1. The Hall–Kier alpha value is -2.42. The van der Waals surface area contributed by atoms with Crippen LogP contribution in [0.4, 0.5) is 0 Å². The molecule has 2 nitrogen and oxygen atoms in total. The largest absolute Gasteiger partial charge is 0.387 e. The smallest absolute Gasteiger partial charge is 0.0945 e. The first-order valence-corrected chi connectivity index (χ1v) is 9.40. The van der Waals surface area contributed by atoms with E-state index in [1.165, 1.54) is 11.1 Å². The third-order valence-corrected chi connectivity index (χ3v) is 5.51. The van der Waals surface area contributed by atoms with Crippen molar-refractivity contribution in [3.05, 3.63) is 108 Å². The van der Waals surface area contributed by atoms with E-state index in [0.29, 0.717) is 5.92 Å². The Morgan fingerprint density at radius 2 is 1.19 bits per heavy atom. The van der Waals surface area contributed by atoms with E-state index in [9.17, 15) is 5.11 Å². The summed E-state index contributed by atoms with van der Waals surface area (Å²) < 4.78 is 0. The molecule has 1 fully saturated rings. The SMILES string of the molecule is OC(c1ccccc1)C1CCN1CC(c1ccccc1)c1ccccc1. The number of benzene rings is 3. The Morgan fingerprint density at radius 1 is 0.731 bits per heavy atom. The van der Waals surface area contributed by atoms with Gasteiger partial charge in [0.1, 0.15) is 0 Å². The van der Waals surface area contributed by atoms with Crippen LogP contribution in [0.1, 0.15) is 35.1 Å². The topological polar surface area (TPSA) is 23.5 Å². The van der Waals surface area contributed by atoms with Crippen molar-refractivity contribution >= 4 is 0 Å². The molecule has 2 unspecified atom stereocenters. The first kappa shape index (κ1) is 17.0. The number of likely N-dealkylation sites (tertiary alicyclic amines) is 1. The highest BCUT2D eigenvalue weighted by Crippen LogP contribution is 2.34. The monoisotopic (exact) mass is 343 g/mol. The molecule has 2 heteroatoms. The Morgan fingerprint density at radius 3 is 1.62 bits per heavy atom. The first-order chi connectivity index (χ1) is 12.8. The predicted molar refractivity (Wildman–Crippen MR) is 106 cm³/mol. The van der Waals surface area contributed by atoms with E-state index >= 15 is 0 Å². The zero-order valence-corrected chi connectivity index (χ0v) is 14.9. The number of nitrogens with zero attached hydrogens (tertiary/aromatic N) is 1. The zero-order valence-electron chi connectivity index (χ0n) is 14.9. The second-order valence-electron chi connectivity index (χ2n) is 7.08. The summed E-state index contributed by atoms with van der Waals surface area (Å²) in [6, 6.07) is 31.6. The Bertz CT molecular complexity index is 764. The third-order valence-electron chi connectivity index (χ3n) is 5.51. The van der Waals surface area contributed by atoms with Gasteiger partial charge in [0.25, 0.3) is 0 Å². The van der Waals surface area contributed by atoms with E-state index in [4.69, 9.17) is 0 Å². The summed E-state index contributed by atoms with van der Waals surface area (Å²) in [6.45, 7) is 1.98. The maximum atomic E-state index is 10.8. The van der Waals surface area contributed by atoms with Gasteiger partial charge in [0.15, 0.2) is 0 Å². The van der Waals surface area contributed by atoms with Gasteiger partial charge in [-0.2, -0.15) is 0 Å². The lowest BCUT2D eigenvalue weighted by Crippen LogP contribution is -2.52. The molecule has 0 aliphatic carbocycles. The van der Waals surface area contributed by atoms with Crippen molar-refractivity contribution in [2.24, 2.45) is 0 Å². The Labute approximate surface area is 155 Å². The van der Waals surface area contributed by atoms with Gasteiger partial charge in [-0.25, -0.2) is 0 Å². The molecule has 0 spiro atoms. The van der Waals surface area contributed by atoms with Gasteiger partial charge in [-0.15, -0.1) is 0 Å². The summed E-state index contributed by atoms with van der Waals surface area (Å²) >= 11 is 0. The van der Waals surface area contributed by atoms with Crippen molar-refractivity contribution in [1.29, 1.82) is 0 Å². The molecular weight excluding hydrogens is 318 g/mol. The molecule has 1 aliphatic rings. The van der Waals surface area contributed by atoms with Crippen molar-refractivity contribution in [3.8, 4) is 0 Å². The molecule has 4 rings (SSSR count). The maximum absolute atomic E-state index is 10.8. The standard InChI is InChI=1S/C24H25NO/c26-24(21-14-8-3-9-15-21)23-16-17-25(23)18-22(19-10-4-1-5-11-19)20-12-6-2-7-13-20/h1-15,22-24,26H,16-18H2. The van der Waals surface area contributed by atoms with E-state index in [1.54, 1.807) is 0 Å². The fraction of sp³-hybridized carbons (Fsp3) is 0.250. The average Bonchev–Trinajstić information content (AvgIpc) is 2.70. The number of aliphatic hydroxyl groups excluding tert-OH is 1. The Kier molecular flexibility index (Phi) is 5.14. The van der Waals surface area contributed by atoms with E-state index in [0.717, 1.165) is 25.1 Å². The highest BCUT2D eigenvalue weighted by molar-refractivity contribution is 5.33. The van der Waals surface area contributed by atoms with Gasteiger partial charge < -0.3 is 5.11 Å². The van der Waals surface area contributed by atoms with Crippen LogP contribution in [0.15, 0.2) is 91.0 Å². The molecular formula is C24H25NO. The molecule has 2 atom stereocenters. The van der Waals surface area contributed by atoms with Crippen LogP contribution in [0.5, 0.6) is 0 Å². The van der Waals surface area contributed by atoms with E-state index in [-0.39, 0.29) is 6.04 Å². The van der Waals surface area contributed by atoms with Crippen LogP contribution in [0.2, 0.25) is 0 Å². The lowest BCUT2D eigenvalue weighted by atomic mass is 9.86. The second kappa shape index (κ2) is 7.86. The van der Waals surface area contributed by atoms with Gasteiger partial charge in [-0.1, -0.05) is 91.0 Å². The predicted octanol–water partition coefficient (Wildman–Crippen LogP) is 4.63. The van der Waals surface area contributed by atoms with Gasteiger partial charge in [0.05, 0.1) is 6.10 Å². The van der Waals surface area contributed by atoms with Gasteiger partial charge >= 0.3 is 0 Å². The third kappa shape index (κ3) is 3.57. The summed E-state index contributed by atoms with van der Waals surface area (Å²) in [5.41, 5.74) is 3.68. The molecule has 1 saturated heterocycles. The number of rotatable bonds is 6. The fourth-order valence-electron chi connectivity index (χ4n) is 3.93. The fourth-order valence-corrected chi connectivity index (χ4v) is 3.93. The summed E-state index contributed by atoms with van der Waals surface area (Å²) in [4.78, 5) is 2.43. The molecule has 26 heavy (non-hydrogen) atoms. The first-order valence-electron chi connectivity index (χ1n) is 9.40. The normalized spacial score (nSPS) is 18.5. The van der Waals surface area contributed by atoms with Crippen molar-refractivity contribution in [3.63, 3.8) is 0 Å². The minimum atomic E-state index is -0.419. The van der Waals surface area contributed by atoms with Crippen molar-refractivity contribution in [1.82, 2.24) is 4.90 Å². The van der Waals surface area contributed by atoms with Crippen LogP contribution in [0, 0.1) is 0 Å². The molecule has 132 valence electrons. The minimum absolute atomic E-state index is 0.201. The quantitative estimate of drug-likeness (QED) is 0.705. The summed E-state index contributed by atoms with van der Waals surface area (Å²) in [6.07, 6.45) is 0.629. The van der Waals surface area contributed by atoms with Crippen LogP contribution in [-0.2, 0) is 0 Å². The lowest BCUT2D eigenvalue weighted by Gasteiger charge is -2.45. The van der Waals surface area contributed by atoms with Crippen LogP contribution in [-0.4, -0.2) is 29.1 Å². The van der Waals surface area contributed by atoms with Crippen molar-refractivity contribution < 1.29 is 5.11 Å².